The first-order valence-electron chi connectivity index (χ1n) is 6.26. The fourth-order valence-corrected chi connectivity index (χ4v) is 2.14. The van der Waals surface area contributed by atoms with Crippen LogP contribution in [0.2, 0.25) is 0 Å². The molecule has 1 aromatic rings. The van der Waals surface area contributed by atoms with E-state index in [4.69, 9.17) is 9.84 Å². The van der Waals surface area contributed by atoms with Crippen molar-refractivity contribution in [2.24, 2.45) is 0 Å². The molecule has 0 radical (unpaired) electrons. The van der Waals surface area contributed by atoms with Crippen molar-refractivity contribution in [3.63, 3.8) is 0 Å². The quantitative estimate of drug-likeness (QED) is 0.863. The van der Waals surface area contributed by atoms with E-state index in [1.165, 1.54) is 12.3 Å². The first kappa shape index (κ1) is 12.8. The smallest absolute Gasteiger partial charge is 0.335 e. The highest BCUT2D eigenvalue weighted by Gasteiger charge is 2.19. The number of rotatable bonds is 5. The van der Waals surface area contributed by atoms with Crippen LogP contribution < -0.4 is 4.90 Å². The van der Waals surface area contributed by atoms with Gasteiger partial charge in [-0.05, 0) is 31.9 Å². The maximum absolute atomic E-state index is 10.9. The number of likely N-dealkylation sites (N-methyl/N-ethyl adjacent to an activating group) is 1. The van der Waals surface area contributed by atoms with Crippen LogP contribution in [0.3, 0.4) is 0 Å². The number of carboxylic acids is 1. The average Bonchev–Trinajstić information content (AvgIpc) is 2.89. The Labute approximate surface area is 106 Å². The van der Waals surface area contributed by atoms with Gasteiger partial charge in [0.05, 0.1) is 11.7 Å². The van der Waals surface area contributed by atoms with E-state index in [-0.39, 0.29) is 11.7 Å². The first-order chi connectivity index (χ1) is 8.70. The van der Waals surface area contributed by atoms with Crippen LogP contribution in [0.5, 0.6) is 0 Å². The highest BCUT2D eigenvalue weighted by atomic mass is 16.5. The Hall–Kier alpha value is -1.62. The molecule has 5 heteroatoms. The molecule has 1 unspecified atom stereocenters. The lowest BCUT2D eigenvalue weighted by Crippen LogP contribution is -2.32. The number of hydrogen-bond donors (Lipinski definition) is 1. The Morgan fingerprint density at radius 2 is 2.50 bits per heavy atom. The van der Waals surface area contributed by atoms with Crippen LogP contribution in [0.4, 0.5) is 5.82 Å². The molecule has 98 valence electrons. The van der Waals surface area contributed by atoms with Crippen LogP contribution in [0.15, 0.2) is 18.3 Å². The van der Waals surface area contributed by atoms with Crippen LogP contribution >= 0.6 is 0 Å². The van der Waals surface area contributed by atoms with Gasteiger partial charge in [0, 0.05) is 25.9 Å². The van der Waals surface area contributed by atoms with Gasteiger partial charge in [-0.1, -0.05) is 0 Å². The molecule has 1 atom stereocenters. The lowest BCUT2D eigenvalue weighted by molar-refractivity contribution is 0.0697. The van der Waals surface area contributed by atoms with E-state index >= 15 is 0 Å². The van der Waals surface area contributed by atoms with Crippen molar-refractivity contribution in [3.8, 4) is 0 Å². The van der Waals surface area contributed by atoms with Gasteiger partial charge in [0.1, 0.15) is 5.82 Å². The minimum Gasteiger partial charge on any atom is -0.478 e. The second-order valence-corrected chi connectivity index (χ2v) is 4.38. The highest BCUT2D eigenvalue weighted by Crippen LogP contribution is 2.18. The fourth-order valence-electron chi connectivity index (χ4n) is 2.14. The van der Waals surface area contributed by atoms with E-state index < -0.39 is 5.97 Å². The SMILES string of the molecule is CCN(CC1CCCO1)c1cc(C(=O)O)ccn1. The topological polar surface area (TPSA) is 62.7 Å². The van der Waals surface area contributed by atoms with Crippen molar-refractivity contribution in [1.29, 1.82) is 0 Å². The van der Waals surface area contributed by atoms with Crippen LogP contribution in [0.25, 0.3) is 0 Å². The maximum atomic E-state index is 10.9. The predicted molar refractivity (Wildman–Crippen MR) is 68.1 cm³/mol. The predicted octanol–water partition coefficient (Wildman–Crippen LogP) is 1.79. The third kappa shape index (κ3) is 2.98. The Kier molecular flexibility index (Phi) is 4.15. The Balaban J connectivity index is 2.10. The standard InChI is InChI=1S/C13H18N2O3/c1-2-15(9-11-4-3-7-18-11)12-8-10(13(16)17)5-6-14-12/h5-6,8,11H,2-4,7,9H2,1H3,(H,16,17). The van der Waals surface area contributed by atoms with Crippen LogP contribution in [-0.4, -0.2) is 41.9 Å². The van der Waals surface area contributed by atoms with E-state index in [2.05, 4.69) is 9.88 Å². The van der Waals surface area contributed by atoms with Crippen molar-refractivity contribution in [2.45, 2.75) is 25.9 Å². The van der Waals surface area contributed by atoms with E-state index in [0.29, 0.717) is 5.82 Å². The van der Waals surface area contributed by atoms with Gasteiger partial charge in [0.25, 0.3) is 0 Å². The molecule has 0 saturated carbocycles. The van der Waals surface area contributed by atoms with Gasteiger partial charge < -0.3 is 14.7 Å². The second kappa shape index (κ2) is 5.82. The largest absolute Gasteiger partial charge is 0.478 e. The zero-order valence-electron chi connectivity index (χ0n) is 10.5. The molecule has 5 nitrogen and oxygen atoms in total. The summed E-state index contributed by atoms with van der Waals surface area (Å²) in [5, 5.41) is 8.98. The van der Waals surface area contributed by atoms with Crippen LogP contribution in [0, 0.1) is 0 Å². The summed E-state index contributed by atoms with van der Waals surface area (Å²) in [7, 11) is 0. The Morgan fingerprint density at radius 3 is 3.11 bits per heavy atom. The Bertz CT molecular complexity index is 416. The number of aromatic nitrogens is 1. The molecule has 1 saturated heterocycles. The summed E-state index contributed by atoms with van der Waals surface area (Å²) in [6.45, 7) is 4.41. The monoisotopic (exact) mass is 250 g/mol. The van der Waals surface area contributed by atoms with Crippen LogP contribution in [-0.2, 0) is 4.74 Å². The second-order valence-electron chi connectivity index (χ2n) is 4.38. The molecule has 2 rings (SSSR count). The minimum absolute atomic E-state index is 0.236. The zero-order valence-corrected chi connectivity index (χ0v) is 10.5. The van der Waals surface area contributed by atoms with Crippen molar-refractivity contribution in [2.75, 3.05) is 24.6 Å². The van der Waals surface area contributed by atoms with Gasteiger partial charge >= 0.3 is 5.97 Å². The molecule has 1 aliphatic heterocycles. The van der Waals surface area contributed by atoms with E-state index in [1.807, 2.05) is 6.92 Å². The van der Waals surface area contributed by atoms with Gasteiger partial charge in [-0.15, -0.1) is 0 Å². The number of aromatic carboxylic acids is 1. The number of anilines is 1. The third-order valence-corrected chi connectivity index (χ3v) is 3.15. The van der Waals surface area contributed by atoms with Gasteiger partial charge in [-0.25, -0.2) is 9.78 Å². The van der Waals surface area contributed by atoms with Crippen molar-refractivity contribution >= 4 is 11.8 Å². The summed E-state index contributed by atoms with van der Waals surface area (Å²) in [6.07, 6.45) is 3.94. The summed E-state index contributed by atoms with van der Waals surface area (Å²) in [6, 6.07) is 3.12. The van der Waals surface area contributed by atoms with Crippen molar-refractivity contribution < 1.29 is 14.6 Å². The summed E-state index contributed by atoms with van der Waals surface area (Å²) in [5.41, 5.74) is 0.269. The normalized spacial score (nSPS) is 18.8. The van der Waals surface area contributed by atoms with Gasteiger partial charge in [-0.2, -0.15) is 0 Å². The number of carboxylic acid groups (broad SMARTS) is 1. The molecule has 0 bridgehead atoms. The molecule has 0 spiro atoms. The first-order valence-corrected chi connectivity index (χ1v) is 6.26. The molecular formula is C13H18N2O3. The molecule has 1 N–H and O–H groups in total. The number of ether oxygens (including phenoxy) is 1. The molecule has 1 aromatic heterocycles. The molecule has 2 heterocycles. The van der Waals surface area contributed by atoms with Gasteiger partial charge in [-0.3, -0.25) is 0 Å². The van der Waals surface area contributed by atoms with E-state index in [0.717, 1.165) is 32.5 Å². The summed E-state index contributed by atoms with van der Waals surface area (Å²) in [4.78, 5) is 17.2. The maximum Gasteiger partial charge on any atom is 0.335 e. The third-order valence-electron chi connectivity index (χ3n) is 3.15. The van der Waals surface area contributed by atoms with E-state index in [9.17, 15) is 4.79 Å². The molecular weight excluding hydrogens is 232 g/mol. The van der Waals surface area contributed by atoms with Crippen molar-refractivity contribution in [1.82, 2.24) is 4.98 Å². The molecule has 0 aliphatic carbocycles. The lowest BCUT2D eigenvalue weighted by atomic mass is 10.2. The molecule has 1 fully saturated rings. The number of hydrogen-bond acceptors (Lipinski definition) is 4. The molecule has 0 aromatic carbocycles. The van der Waals surface area contributed by atoms with Crippen LogP contribution in [0.1, 0.15) is 30.1 Å². The summed E-state index contributed by atoms with van der Waals surface area (Å²) in [5.74, 6) is -0.222. The zero-order chi connectivity index (χ0) is 13.0. The van der Waals surface area contributed by atoms with Gasteiger partial charge in [0.15, 0.2) is 0 Å². The number of carbonyl (C=O) groups is 1. The average molecular weight is 250 g/mol. The fraction of sp³-hybridized carbons (Fsp3) is 0.538. The Morgan fingerprint density at radius 1 is 1.67 bits per heavy atom. The number of nitrogens with zero attached hydrogens (tertiary/aromatic N) is 2. The lowest BCUT2D eigenvalue weighted by Gasteiger charge is -2.25. The summed E-state index contributed by atoms with van der Waals surface area (Å²) >= 11 is 0. The number of pyridine rings is 1. The van der Waals surface area contributed by atoms with E-state index in [1.54, 1.807) is 6.07 Å². The minimum atomic E-state index is -0.924. The van der Waals surface area contributed by atoms with Gasteiger partial charge in [0.2, 0.25) is 0 Å². The summed E-state index contributed by atoms with van der Waals surface area (Å²) < 4.78 is 5.60. The van der Waals surface area contributed by atoms with Crippen molar-refractivity contribution in [3.05, 3.63) is 23.9 Å². The molecule has 0 amide bonds. The molecule has 18 heavy (non-hydrogen) atoms. The highest BCUT2D eigenvalue weighted by molar-refractivity contribution is 5.88. The molecule has 1 aliphatic rings.